The van der Waals surface area contributed by atoms with E-state index < -0.39 is 11.7 Å². The monoisotopic (exact) mass is 405 g/mol. The summed E-state index contributed by atoms with van der Waals surface area (Å²) in [5.41, 5.74) is -0.421. The quantitative estimate of drug-likeness (QED) is 0.677. The van der Waals surface area contributed by atoms with E-state index in [9.17, 15) is 18.0 Å². The van der Waals surface area contributed by atoms with E-state index in [1.807, 2.05) is 4.90 Å². The van der Waals surface area contributed by atoms with E-state index in [-0.39, 0.29) is 30.0 Å². The maximum absolute atomic E-state index is 13.4. The molecule has 0 spiro atoms. The summed E-state index contributed by atoms with van der Waals surface area (Å²) in [6, 6.07) is 5.84. The highest BCUT2D eigenvalue weighted by atomic mass is 19.4. The Bertz CT molecular complexity index is 851. The molecule has 1 heterocycles. The van der Waals surface area contributed by atoms with Crippen molar-refractivity contribution in [1.82, 2.24) is 14.5 Å². The molecule has 0 radical (unpaired) electrons. The number of hydrogen-bond donors (Lipinski definition) is 0. The van der Waals surface area contributed by atoms with Crippen LogP contribution < -0.4 is 0 Å². The number of carbonyl (C=O) groups is 1. The largest absolute Gasteiger partial charge is 0.416 e. The lowest BCUT2D eigenvalue weighted by atomic mass is 9.94. The minimum atomic E-state index is -4.40. The van der Waals surface area contributed by atoms with E-state index in [0.717, 1.165) is 44.6 Å². The van der Waals surface area contributed by atoms with Gasteiger partial charge in [-0.05, 0) is 37.3 Å². The Labute approximate surface area is 168 Å². The first kappa shape index (κ1) is 20.0. The Morgan fingerprint density at radius 3 is 2.52 bits per heavy atom. The van der Waals surface area contributed by atoms with Crippen LogP contribution in [0.2, 0.25) is 0 Å². The van der Waals surface area contributed by atoms with E-state index in [2.05, 4.69) is 4.98 Å². The van der Waals surface area contributed by atoms with Gasteiger partial charge in [-0.15, -0.1) is 0 Å². The number of alkyl halides is 3. The fraction of sp³-hybridized carbons (Fsp3) is 0.545. The van der Waals surface area contributed by atoms with Gasteiger partial charge in [-0.2, -0.15) is 13.2 Å². The molecule has 2 aliphatic rings. The van der Waals surface area contributed by atoms with Gasteiger partial charge in [0.15, 0.2) is 0 Å². The number of benzene rings is 1. The fourth-order valence-electron chi connectivity index (χ4n) is 4.25. The van der Waals surface area contributed by atoms with E-state index in [0.29, 0.717) is 12.4 Å². The molecule has 7 heteroatoms. The topological polar surface area (TPSA) is 38.1 Å². The third-order valence-corrected chi connectivity index (χ3v) is 6.00. The van der Waals surface area contributed by atoms with Crippen LogP contribution in [0.25, 0.3) is 0 Å². The van der Waals surface area contributed by atoms with Crippen LogP contribution in [0.4, 0.5) is 13.2 Å². The van der Waals surface area contributed by atoms with Crippen molar-refractivity contribution >= 4 is 5.91 Å². The molecule has 1 aromatic carbocycles. The van der Waals surface area contributed by atoms with Gasteiger partial charge < -0.3 is 9.47 Å². The molecule has 2 fully saturated rings. The van der Waals surface area contributed by atoms with Gasteiger partial charge >= 0.3 is 6.18 Å². The van der Waals surface area contributed by atoms with E-state index in [1.165, 1.54) is 18.6 Å². The molecule has 156 valence electrons. The van der Waals surface area contributed by atoms with Crippen LogP contribution in [0.5, 0.6) is 0 Å². The number of amides is 1. The summed E-state index contributed by atoms with van der Waals surface area (Å²) in [6.45, 7) is 0.447. The van der Waals surface area contributed by atoms with Crippen LogP contribution in [0.15, 0.2) is 36.7 Å². The maximum atomic E-state index is 13.4. The molecular weight excluding hydrogens is 379 g/mol. The van der Waals surface area contributed by atoms with Gasteiger partial charge in [0.1, 0.15) is 5.82 Å². The molecule has 0 bridgehead atoms. The summed E-state index contributed by atoms with van der Waals surface area (Å²) >= 11 is 0. The maximum Gasteiger partial charge on any atom is 0.416 e. The van der Waals surface area contributed by atoms with Crippen molar-refractivity contribution in [1.29, 1.82) is 0 Å². The van der Waals surface area contributed by atoms with Gasteiger partial charge in [0.25, 0.3) is 0 Å². The van der Waals surface area contributed by atoms with E-state index >= 15 is 0 Å². The first-order valence-electron chi connectivity index (χ1n) is 10.4. The number of rotatable bonds is 6. The Morgan fingerprint density at radius 2 is 1.83 bits per heavy atom. The van der Waals surface area contributed by atoms with Crippen LogP contribution in [-0.2, 0) is 24.1 Å². The van der Waals surface area contributed by atoms with Crippen molar-refractivity contribution in [3.63, 3.8) is 0 Å². The highest BCUT2D eigenvalue weighted by Crippen LogP contribution is 2.35. The number of aromatic nitrogens is 2. The minimum Gasteiger partial charge on any atom is -0.332 e. The van der Waals surface area contributed by atoms with Crippen molar-refractivity contribution in [2.75, 3.05) is 0 Å². The van der Waals surface area contributed by atoms with Crippen molar-refractivity contribution in [2.45, 2.75) is 70.3 Å². The molecule has 29 heavy (non-hydrogen) atoms. The minimum absolute atomic E-state index is 0.0845. The standard InChI is InChI=1S/C22H26F3N3O/c23-22(24,25)19-9-5-4-6-17(19)14-27-13-12-26-20(27)15-28(21(29)16-10-11-16)18-7-2-1-3-8-18/h4-6,9,12-13,16,18H,1-3,7-8,10-11,14-15H2. The molecule has 2 aliphatic carbocycles. The molecule has 0 saturated heterocycles. The molecule has 1 amide bonds. The summed E-state index contributed by atoms with van der Waals surface area (Å²) in [7, 11) is 0. The summed E-state index contributed by atoms with van der Waals surface area (Å²) in [5.74, 6) is 0.940. The van der Waals surface area contributed by atoms with Crippen LogP contribution >= 0.6 is 0 Å². The number of carbonyl (C=O) groups excluding carboxylic acids is 1. The zero-order valence-corrected chi connectivity index (χ0v) is 16.4. The average Bonchev–Trinajstić information content (AvgIpc) is 3.47. The normalized spacial score (nSPS) is 18.0. The SMILES string of the molecule is O=C(C1CC1)N(Cc1nccn1Cc1ccccc1C(F)(F)F)C1CCCCC1. The van der Waals surface area contributed by atoms with Crippen molar-refractivity contribution in [3.05, 3.63) is 53.6 Å². The van der Waals surface area contributed by atoms with Gasteiger partial charge in [-0.1, -0.05) is 37.5 Å². The van der Waals surface area contributed by atoms with Gasteiger partial charge in [-0.3, -0.25) is 4.79 Å². The second-order valence-electron chi connectivity index (χ2n) is 8.16. The lowest BCUT2D eigenvalue weighted by molar-refractivity contribution is -0.138. The molecule has 4 nitrogen and oxygen atoms in total. The number of nitrogens with zero attached hydrogens (tertiary/aromatic N) is 3. The highest BCUT2D eigenvalue weighted by molar-refractivity contribution is 5.81. The van der Waals surface area contributed by atoms with Gasteiger partial charge in [0.05, 0.1) is 12.1 Å². The average molecular weight is 405 g/mol. The number of imidazole rings is 1. The molecule has 0 aliphatic heterocycles. The third-order valence-electron chi connectivity index (χ3n) is 6.00. The predicted molar refractivity (Wildman–Crippen MR) is 103 cm³/mol. The third kappa shape index (κ3) is 4.65. The van der Waals surface area contributed by atoms with Gasteiger partial charge in [0.2, 0.25) is 5.91 Å². The second-order valence-corrected chi connectivity index (χ2v) is 8.16. The van der Waals surface area contributed by atoms with Crippen molar-refractivity contribution in [3.8, 4) is 0 Å². The zero-order valence-electron chi connectivity index (χ0n) is 16.4. The van der Waals surface area contributed by atoms with Crippen LogP contribution in [0.1, 0.15) is 61.9 Å². The van der Waals surface area contributed by atoms with Crippen LogP contribution in [0, 0.1) is 5.92 Å². The van der Waals surface area contributed by atoms with Crippen molar-refractivity contribution in [2.24, 2.45) is 5.92 Å². The van der Waals surface area contributed by atoms with Crippen LogP contribution in [-0.4, -0.2) is 26.4 Å². The molecule has 4 rings (SSSR count). The van der Waals surface area contributed by atoms with Crippen LogP contribution in [0.3, 0.4) is 0 Å². The molecule has 2 saturated carbocycles. The zero-order chi connectivity index (χ0) is 20.4. The Balaban J connectivity index is 1.56. The van der Waals surface area contributed by atoms with Gasteiger partial charge in [-0.25, -0.2) is 4.98 Å². The highest BCUT2D eigenvalue weighted by Gasteiger charge is 2.37. The molecular formula is C22H26F3N3O. The lowest BCUT2D eigenvalue weighted by Gasteiger charge is -2.34. The smallest absolute Gasteiger partial charge is 0.332 e. The summed E-state index contributed by atoms with van der Waals surface area (Å²) in [4.78, 5) is 19.3. The molecule has 2 aromatic rings. The lowest BCUT2D eigenvalue weighted by Crippen LogP contribution is -2.42. The summed E-state index contributed by atoms with van der Waals surface area (Å²) in [6.07, 6.45) is 6.21. The first-order chi connectivity index (χ1) is 13.9. The molecule has 1 aromatic heterocycles. The second kappa shape index (κ2) is 8.20. The van der Waals surface area contributed by atoms with E-state index in [1.54, 1.807) is 23.0 Å². The first-order valence-corrected chi connectivity index (χ1v) is 10.4. The Kier molecular flexibility index (Phi) is 5.65. The fourth-order valence-corrected chi connectivity index (χ4v) is 4.25. The molecule has 0 atom stereocenters. The summed E-state index contributed by atoms with van der Waals surface area (Å²) < 4.78 is 41.8. The number of halogens is 3. The number of hydrogen-bond acceptors (Lipinski definition) is 2. The van der Waals surface area contributed by atoms with Crippen molar-refractivity contribution < 1.29 is 18.0 Å². The Morgan fingerprint density at radius 1 is 1.10 bits per heavy atom. The molecule has 0 N–H and O–H groups in total. The molecule has 0 unspecified atom stereocenters. The van der Waals surface area contributed by atoms with Gasteiger partial charge in [0, 0.05) is 30.9 Å². The van der Waals surface area contributed by atoms with E-state index in [4.69, 9.17) is 0 Å². The summed E-state index contributed by atoms with van der Waals surface area (Å²) in [5, 5.41) is 0. The Hall–Kier alpha value is -2.31. The predicted octanol–water partition coefficient (Wildman–Crippen LogP) is 5.02.